The Hall–Kier alpha value is -3.35. The van der Waals surface area contributed by atoms with Crippen LogP contribution in [-0.2, 0) is 14.3 Å². The second-order valence-corrected chi connectivity index (χ2v) is 9.38. The molecule has 3 unspecified atom stereocenters. The first-order valence-electron chi connectivity index (χ1n) is 12.1. The first-order valence-corrected chi connectivity index (χ1v) is 12.1. The highest BCUT2D eigenvalue weighted by Crippen LogP contribution is 2.44. The van der Waals surface area contributed by atoms with Gasteiger partial charge in [-0.1, -0.05) is 48.5 Å². The summed E-state index contributed by atoms with van der Waals surface area (Å²) in [7, 11) is 0. The van der Waals surface area contributed by atoms with Crippen LogP contribution < -0.4 is 10.6 Å². The number of carbonyl (C=O) groups is 3. The molecule has 2 aliphatic rings. The van der Waals surface area contributed by atoms with E-state index in [-0.39, 0.29) is 36.4 Å². The van der Waals surface area contributed by atoms with Crippen LogP contribution in [-0.4, -0.2) is 41.8 Å². The molecule has 0 spiro atoms. The molecule has 2 amide bonds. The highest BCUT2D eigenvalue weighted by molar-refractivity contribution is 5.79. The van der Waals surface area contributed by atoms with Crippen molar-refractivity contribution in [3.8, 4) is 11.1 Å². The summed E-state index contributed by atoms with van der Waals surface area (Å²) in [6.45, 7) is 2.17. The van der Waals surface area contributed by atoms with Gasteiger partial charge >= 0.3 is 12.1 Å². The van der Waals surface area contributed by atoms with Crippen molar-refractivity contribution >= 4 is 18.0 Å². The van der Waals surface area contributed by atoms with Gasteiger partial charge in [-0.25, -0.2) is 4.79 Å². The zero-order valence-corrected chi connectivity index (χ0v) is 19.5. The zero-order chi connectivity index (χ0) is 24.1. The van der Waals surface area contributed by atoms with E-state index in [0.29, 0.717) is 38.5 Å². The Morgan fingerprint density at radius 1 is 1.03 bits per heavy atom. The fourth-order valence-corrected chi connectivity index (χ4v) is 5.12. The molecule has 0 bridgehead atoms. The van der Waals surface area contributed by atoms with Crippen LogP contribution in [0.25, 0.3) is 11.1 Å². The molecule has 34 heavy (non-hydrogen) atoms. The summed E-state index contributed by atoms with van der Waals surface area (Å²) >= 11 is 0. The van der Waals surface area contributed by atoms with Crippen molar-refractivity contribution in [1.82, 2.24) is 10.6 Å². The quantitative estimate of drug-likeness (QED) is 0.508. The minimum atomic E-state index is -0.787. The molecule has 3 atom stereocenters. The maximum absolute atomic E-state index is 12.4. The summed E-state index contributed by atoms with van der Waals surface area (Å²) in [6, 6.07) is 16.3. The van der Waals surface area contributed by atoms with E-state index >= 15 is 0 Å². The minimum absolute atomic E-state index is 0.0217. The molecular weight excluding hydrogens is 432 g/mol. The molecule has 180 valence electrons. The number of carboxylic acids is 1. The van der Waals surface area contributed by atoms with Crippen LogP contribution in [0, 0.1) is 5.92 Å². The van der Waals surface area contributed by atoms with Crippen molar-refractivity contribution in [1.29, 1.82) is 0 Å². The molecule has 0 radical (unpaired) electrons. The van der Waals surface area contributed by atoms with E-state index in [1.807, 2.05) is 31.2 Å². The van der Waals surface area contributed by atoms with Gasteiger partial charge in [0.2, 0.25) is 5.91 Å². The monoisotopic (exact) mass is 464 g/mol. The average Bonchev–Trinajstić information content (AvgIpc) is 3.40. The number of aliphatic carboxylic acids is 1. The highest BCUT2D eigenvalue weighted by atomic mass is 16.5. The molecule has 7 nitrogen and oxygen atoms in total. The van der Waals surface area contributed by atoms with Gasteiger partial charge in [0, 0.05) is 24.4 Å². The van der Waals surface area contributed by atoms with Crippen LogP contribution >= 0.6 is 0 Å². The highest BCUT2D eigenvalue weighted by Gasteiger charge is 2.31. The van der Waals surface area contributed by atoms with E-state index in [1.54, 1.807) is 0 Å². The largest absolute Gasteiger partial charge is 0.481 e. The molecule has 0 aromatic heterocycles. The van der Waals surface area contributed by atoms with Gasteiger partial charge in [-0.3, -0.25) is 9.59 Å². The van der Waals surface area contributed by atoms with E-state index in [9.17, 15) is 14.4 Å². The van der Waals surface area contributed by atoms with Gasteiger partial charge in [-0.2, -0.15) is 0 Å². The second-order valence-electron chi connectivity index (χ2n) is 9.38. The molecule has 1 saturated carbocycles. The van der Waals surface area contributed by atoms with Crippen molar-refractivity contribution in [2.45, 2.75) is 63.5 Å². The van der Waals surface area contributed by atoms with Gasteiger partial charge in [-0.05, 0) is 61.3 Å². The van der Waals surface area contributed by atoms with E-state index in [4.69, 9.17) is 9.84 Å². The van der Waals surface area contributed by atoms with Crippen molar-refractivity contribution in [3.05, 3.63) is 59.7 Å². The standard InChI is InChI=1S/C27H32N2O5/c1-17(7-6-12-25(30)29-19-14-13-18(15-19)26(31)32)28-27(33)34-16-24-22-10-4-2-8-20(22)21-9-3-5-11-23(21)24/h2-5,8-11,17-19,24H,6-7,12-16H2,1H3,(H,28,33)(H,29,30)(H,31,32). The number of carbonyl (C=O) groups excluding carboxylic acids is 2. The van der Waals surface area contributed by atoms with Crippen LogP contribution in [0.1, 0.15) is 62.5 Å². The van der Waals surface area contributed by atoms with Crippen LogP contribution in [0.5, 0.6) is 0 Å². The second kappa shape index (κ2) is 10.7. The van der Waals surface area contributed by atoms with Gasteiger partial charge < -0.3 is 20.5 Å². The summed E-state index contributed by atoms with van der Waals surface area (Å²) in [4.78, 5) is 35.6. The molecule has 0 saturated heterocycles. The number of amides is 2. The van der Waals surface area contributed by atoms with Crippen LogP contribution in [0.2, 0.25) is 0 Å². The van der Waals surface area contributed by atoms with Gasteiger partial charge in [0.15, 0.2) is 0 Å². The Morgan fingerprint density at radius 2 is 1.68 bits per heavy atom. The Labute approximate surface area is 199 Å². The molecule has 4 rings (SSSR count). The fourth-order valence-electron chi connectivity index (χ4n) is 5.12. The molecule has 3 N–H and O–H groups in total. The number of carboxylic acid groups (broad SMARTS) is 1. The molecular formula is C27H32N2O5. The first-order chi connectivity index (χ1) is 16.4. The van der Waals surface area contributed by atoms with Gasteiger partial charge in [-0.15, -0.1) is 0 Å². The van der Waals surface area contributed by atoms with Gasteiger partial charge in [0.05, 0.1) is 5.92 Å². The third-order valence-corrected chi connectivity index (χ3v) is 6.90. The SMILES string of the molecule is CC(CCCC(=O)NC1CCC(C(=O)O)C1)NC(=O)OCC1c2ccccc2-c2ccccc21. The van der Waals surface area contributed by atoms with E-state index in [0.717, 1.165) is 0 Å². The molecule has 2 aliphatic carbocycles. The summed E-state index contributed by atoms with van der Waals surface area (Å²) in [5.41, 5.74) is 4.73. The number of benzene rings is 2. The van der Waals surface area contributed by atoms with E-state index < -0.39 is 12.1 Å². The smallest absolute Gasteiger partial charge is 0.407 e. The number of alkyl carbamates (subject to hydrolysis) is 1. The van der Waals surface area contributed by atoms with Crippen molar-refractivity contribution in [2.75, 3.05) is 6.61 Å². The lowest BCUT2D eigenvalue weighted by Crippen LogP contribution is -2.35. The molecule has 0 aliphatic heterocycles. The lowest BCUT2D eigenvalue weighted by atomic mass is 9.98. The predicted octanol–water partition coefficient (Wildman–Crippen LogP) is 4.45. The van der Waals surface area contributed by atoms with Crippen LogP contribution in [0.15, 0.2) is 48.5 Å². The lowest BCUT2D eigenvalue weighted by Gasteiger charge is -2.17. The number of fused-ring (bicyclic) bond motifs is 3. The number of hydrogen-bond acceptors (Lipinski definition) is 4. The molecule has 2 aromatic carbocycles. The summed E-state index contributed by atoms with van der Waals surface area (Å²) in [5, 5.41) is 14.9. The van der Waals surface area contributed by atoms with Crippen molar-refractivity contribution < 1.29 is 24.2 Å². The normalized spacial score (nSPS) is 19.7. The van der Waals surface area contributed by atoms with Gasteiger partial charge in [0.1, 0.15) is 6.61 Å². The predicted molar refractivity (Wildman–Crippen MR) is 128 cm³/mol. The molecule has 2 aromatic rings. The Bertz CT molecular complexity index is 1010. The summed E-state index contributed by atoms with van der Waals surface area (Å²) in [6.07, 6.45) is 3.01. The topological polar surface area (TPSA) is 105 Å². The average molecular weight is 465 g/mol. The minimum Gasteiger partial charge on any atom is -0.481 e. The van der Waals surface area contributed by atoms with Crippen molar-refractivity contribution in [3.63, 3.8) is 0 Å². The van der Waals surface area contributed by atoms with E-state index in [2.05, 4.69) is 34.9 Å². The number of rotatable bonds is 9. The summed E-state index contributed by atoms with van der Waals surface area (Å²) in [5.74, 6) is -1.19. The Kier molecular flexibility index (Phi) is 7.50. The Balaban J connectivity index is 1.17. The molecule has 7 heteroatoms. The maximum atomic E-state index is 12.4. The first kappa shape index (κ1) is 23.8. The van der Waals surface area contributed by atoms with Crippen LogP contribution in [0.4, 0.5) is 4.79 Å². The van der Waals surface area contributed by atoms with Gasteiger partial charge in [0.25, 0.3) is 0 Å². The third-order valence-electron chi connectivity index (χ3n) is 6.90. The lowest BCUT2D eigenvalue weighted by molar-refractivity contribution is -0.141. The summed E-state index contributed by atoms with van der Waals surface area (Å²) < 4.78 is 5.58. The Morgan fingerprint density at radius 3 is 2.29 bits per heavy atom. The number of nitrogens with one attached hydrogen (secondary N) is 2. The molecule has 0 heterocycles. The van der Waals surface area contributed by atoms with Crippen molar-refractivity contribution in [2.24, 2.45) is 5.92 Å². The maximum Gasteiger partial charge on any atom is 0.407 e. The third kappa shape index (κ3) is 5.58. The fraction of sp³-hybridized carbons (Fsp3) is 0.444. The number of hydrogen-bond donors (Lipinski definition) is 3. The zero-order valence-electron chi connectivity index (χ0n) is 19.5. The number of ether oxygens (including phenoxy) is 1. The van der Waals surface area contributed by atoms with Crippen LogP contribution in [0.3, 0.4) is 0 Å². The van der Waals surface area contributed by atoms with E-state index in [1.165, 1.54) is 22.3 Å². The molecule has 1 fully saturated rings.